The third-order valence-electron chi connectivity index (χ3n) is 1.97. The predicted octanol–water partition coefficient (Wildman–Crippen LogP) is 0.646. The summed E-state index contributed by atoms with van der Waals surface area (Å²) in [6, 6.07) is 3.14. The van der Waals surface area contributed by atoms with Crippen LogP contribution in [0.15, 0.2) is 12.1 Å². The van der Waals surface area contributed by atoms with Crippen molar-refractivity contribution in [1.82, 2.24) is 5.32 Å². The van der Waals surface area contributed by atoms with Gasteiger partial charge in [0, 0.05) is 18.8 Å². The summed E-state index contributed by atoms with van der Waals surface area (Å²) in [6.45, 7) is 0. The third kappa shape index (κ3) is 2.12. The molecule has 1 aromatic carbocycles. The first-order valence-electron chi connectivity index (χ1n) is 4.37. The van der Waals surface area contributed by atoms with E-state index in [9.17, 15) is 4.79 Å². The van der Waals surface area contributed by atoms with Gasteiger partial charge in [-0.05, 0) is 6.07 Å². The first-order chi connectivity index (χ1) is 7.13. The van der Waals surface area contributed by atoms with Crippen molar-refractivity contribution in [3.8, 4) is 11.5 Å². The molecule has 0 fully saturated rings. The highest BCUT2D eigenvalue weighted by atomic mass is 16.5. The van der Waals surface area contributed by atoms with E-state index in [0.29, 0.717) is 22.7 Å². The fourth-order valence-corrected chi connectivity index (χ4v) is 1.29. The Balaban J connectivity index is 3.35. The molecule has 1 amide bonds. The summed E-state index contributed by atoms with van der Waals surface area (Å²) in [5.41, 5.74) is 6.44. The fourth-order valence-electron chi connectivity index (χ4n) is 1.29. The maximum Gasteiger partial charge on any atom is 0.255 e. The average molecular weight is 210 g/mol. The van der Waals surface area contributed by atoms with Crippen LogP contribution in [-0.4, -0.2) is 27.2 Å². The highest BCUT2D eigenvalue weighted by Gasteiger charge is 2.16. The van der Waals surface area contributed by atoms with Gasteiger partial charge in [-0.15, -0.1) is 0 Å². The number of ether oxygens (including phenoxy) is 2. The van der Waals surface area contributed by atoms with Gasteiger partial charge in [-0.1, -0.05) is 0 Å². The molecule has 0 radical (unpaired) electrons. The van der Waals surface area contributed by atoms with Crippen LogP contribution in [0.5, 0.6) is 11.5 Å². The van der Waals surface area contributed by atoms with Gasteiger partial charge in [0.25, 0.3) is 5.91 Å². The molecule has 3 N–H and O–H groups in total. The van der Waals surface area contributed by atoms with Crippen LogP contribution in [0.2, 0.25) is 0 Å². The molecule has 0 bridgehead atoms. The van der Waals surface area contributed by atoms with Crippen molar-refractivity contribution in [2.75, 3.05) is 27.0 Å². The highest BCUT2D eigenvalue weighted by Crippen LogP contribution is 2.33. The van der Waals surface area contributed by atoms with Crippen molar-refractivity contribution < 1.29 is 14.3 Å². The molecule has 0 saturated carbocycles. The van der Waals surface area contributed by atoms with Crippen LogP contribution < -0.4 is 20.5 Å². The number of carbonyl (C=O) groups excluding carboxylic acids is 1. The molecule has 0 aliphatic carbocycles. The molecular formula is C10H14N2O3. The molecule has 5 nitrogen and oxygen atoms in total. The Morgan fingerprint density at radius 1 is 1.33 bits per heavy atom. The molecule has 0 unspecified atom stereocenters. The molecule has 0 aliphatic heterocycles. The van der Waals surface area contributed by atoms with Crippen LogP contribution in [0.3, 0.4) is 0 Å². The van der Waals surface area contributed by atoms with Crippen molar-refractivity contribution in [2.24, 2.45) is 0 Å². The van der Waals surface area contributed by atoms with Crippen molar-refractivity contribution >= 4 is 11.6 Å². The molecule has 0 atom stereocenters. The first kappa shape index (κ1) is 11.2. The second-order valence-electron chi connectivity index (χ2n) is 2.88. The van der Waals surface area contributed by atoms with Crippen molar-refractivity contribution in [2.45, 2.75) is 0 Å². The van der Waals surface area contributed by atoms with E-state index in [1.165, 1.54) is 21.3 Å². The summed E-state index contributed by atoms with van der Waals surface area (Å²) in [6.07, 6.45) is 0. The topological polar surface area (TPSA) is 73.6 Å². The number of benzene rings is 1. The van der Waals surface area contributed by atoms with Crippen molar-refractivity contribution in [3.63, 3.8) is 0 Å². The summed E-state index contributed by atoms with van der Waals surface area (Å²) in [5, 5.41) is 2.50. The quantitative estimate of drug-likeness (QED) is 0.718. The number of rotatable bonds is 3. The van der Waals surface area contributed by atoms with Gasteiger partial charge in [0.05, 0.1) is 19.8 Å². The lowest BCUT2D eigenvalue weighted by Gasteiger charge is -2.12. The predicted molar refractivity (Wildman–Crippen MR) is 57.3 cm³/mol. The van der Waals surface area contributed by atoms with Crippen LogP contribution in [0.1, 0.15) is 10.4 Å². The van der Waals surface area contributed by atoms with E-state index < -0.39 is 0 Å². The third-order valence-corrected chi connectivity index (χ3v) is 1.97. The highest BCUT2D eigenvalue weighted by molar-refractivity contribution is 5.98. The Labute approximate surface area is 88.2 Å². The van der Waals surface area contributed by atoms with E-state index >= 15 is 0 Å². The average Bonchev–Trinajstić information content (AvgIpc) is 2.26. The minimum atomic E-state index is -0.266. The molecule has 1 rings (SSSR count). The molecule has 0 saturated heterocycles. The lowest BCUT2D eigenvalue weighted by Crippen LogP contribution is -2.19. The molecular weight excluding hydrogens is 196 g/mol. The van der Waals surface area contributed by atoms with Gasteiger partial charge >= 0.3 is 0 Å². The molecule has 0 spiro atoms. The van der Waals surface area contributed by atoms with Gasteiger partial charge in [0.1, 0.15) is 0 Å². The Morgan fingerprint density at radius 3 is 2.47 bits per heavy atom. The summed E-state index contributed by atoms with van der Waals surface area (Å²) >= 11 is 0. The Hall–Kier alpha value is -1.91. The largest absolute Gasteiger partial charge is 0.493 e. The molecule has 1 aromatic rings. The van der Waals surface area contributed by atoms with Crippen LogP contribution in [0, 0.1) is 0 Å². The molecule has 0 heterocycles. The van der Waals surface area contributed by atoms with Crippen LogP contribution >= 0.6 is 0 Å². The summed E-state index contributed by atoms with van der Waals surface area (Å²) in [5.74, 6) is 0.555. The second kappa shape index (κ2) is 4.54. The zero-order valence-corrected chi connectivity index (χ0v) is 8.96. The number of nitrogens with two attached hydrogens (primary N) is 1. The first-order valence-corrected chi connectivity index (χ1v) is 4.37. The van der Waals surface area contributed by atoms with Crippen LogP contribution in [-0.2, 0) is 0 Å². The van der Waals surface area contributed by atoms with Gasteiger partial charge in [0.2, 0.25) is 0 Å². The Kier molecular flexibility index (Phi) is 3.38. The van der Waals surface area contributed by atoms with Gasteiger partial charge in [-0.2, -0.15) is 0 Å². The summed E-state index contributed by atoms with van der Waals surface area (Å²) < 4.78 is 10.2. The zero-order chi connectivity index (χ0) is 11.4. The summed E-state index contributed by atoms with van der Waals surface area (Å²) in [7, 11) is 4.50. The molecule has 0 aromatic heterocycles. The number of methoxy groups -OCH3 is 2. The van der Waals surface area contributed by atoms with E-state index in [1.54, 1.807) is 12.1 Å². The Morgan fingerprint density at radius 2 is 2.00 bits per heavy atom. The number of amides is 1. The molecule has 82 valence electrons. The minimum absolute atomic E-state index is 0.266. The number of nitrogen functional groups attached to an aromatic ring is 1. The second-order valence-corrected chi connectivity index (χ2v) is 2.88. The monoisotopic (exact) mass is 210 g/mol. The van der Waals surface area contributed by atoms with E-state index in [0.717, 1.165) is 0 Å². The lowest BCUT2D eigenvalue weighted by molar-refractivity contribution is 0.0959. The maximum absolute atomic E-state index is 11.5. The smallest absolute Gasteiger partial charge is 0.255 e. The standard InChI is InChI=1S/C10H14N2O3/c1-12-10(13)7-4-6(11)5-8(14-2)9(7)15-3/h4-5H,11H2,1-3H3,(H,12,13). The number of nitrogens with one attached hydrogen (secondary N) is 1. The lowest BCUT2D eigenvalue weighted by atomic mass is 10.1. The van der Waals surface area contributed by atoms with Crippen LogP contribution in [0.4, 0.5) is 5.69 Å². The van der Waals surface area contributed by atoms with Crippen molar-refractivity contribution in [3.05, 3.63) is 17.7 Å². The van der Waals surface area contributed by atoms with E-state index in [1.807, 2.05) is 0 Å². The number of anilines is 1. The van der Waals surface area contributed by atoms with Crippen LogP contribution in [0.25, 0.3) is 0 Å². The van der Waals surface area contributed by atoms with E-state index in [4.69, 9.17) is 15.2 Å². The van der Waals surface area contributed by atoms with Gasteiger partial charge in [-0.3, -0.25) is 4.79 Å². The molecule has 15 heavy (non-hydrogen) atoms. The SMILES string of the molecule is CNC(=O)c1cc(N)cc(OC)c1OC. The number of hydrogen-bond acceptors (Lipinski definition) is 4. The summed E-state index contributed by atoms with van der Waals surface area (Å²) in [4.78, 5) is 11.5. The minimum Gasteiger partial charge on any atom is -0.493 e. The molecule has 0 aliphatic rings. The Bertz CT molecular complexity index is 377. The fraction of sp³-hybridized carbons (Fsp3) is 0.300. The normalized spacial score (nSPS) is 9.53. The number of hydrogen-bond donors (Lipinski definition) is 2. The van der Waals surface area contributed by atoms with Gasteiger partial charge in [-0.25, -0.2) is 0 Å². The van der Waals surface area contributed by atoms with Crippen molar-refractivity contribution in [1.29, 1.82) is 0 Å². The number of carbonyl (C=O) groups is 1. The van der Waals surface area contributed by atoms with Gasteiger partial charge in [0.15, 0.2) is 11.5 Å². The van der Waals surface area contributed by atoms with E-state index in [2.05, 4.69) is 5.32 Å². The van der Waals surface area contributed by atoms with E-state index in [-0.39, 0.29) is 5.91 Å². The zero-order valence-electron chi connectivity index (χ0n) is 8.96. The van der Waals surface area contributed by atoms with Gasteiger partial charge < -0.3 is 20.5 Å². The molecule has 5 heteroatoms. The maximum atomic E-state index is 11.5.